The number of benzene rings is 1. The summed E-state index contributed by atoms with van der Waals surface area (Å²) in [6.45, 7) is 2.79. The second kappa shape index (κ2) is 8.72. The molecule has 21 heavy (non-hydrogen) atoms. The Balaban J connectivity index is 0.00000220. The van der Waals surface area contributed by atoms with Crippen molar-refractivity contribution in [2.45, 2.75) is 25.9 Å². The van der Waals surface area contributed by atoms with Crippen LogP contribution in [-0.4, -0.2) is 24.9 Å². The molecule has 0 aliphatic heterocycles. The molecule has 2 aromatic rings. The van der Waals surface area contributed by atoms with Gasteiger partial charge < -0.3 is 32.0 Å². The first-order valence-corrected chi connectivity index (χ1v) is 6.84. The average molecular weight is 311 g/mol. The van der Waals surface area contributed by atoms with Crippen molar-refractivity contribution in [2.75, 3.05) is 13.7 Å². The summed E-state index contributed by atoms with van der Waals surface area (Å²) < 4.78 is 11.0. The van der Waals surface area contributed by atoms with Gasteiger partial charge in [0.05, 0.1) is 20.3 Å². The van der Waals surface area contributed by atoms with Crippen molar-refractivity contribution in [1.29, 1.82) is 0 Å². The van der Waals surface area contributed by atoms with Crippen molar-refractivity contribution in [3.05, 3.63) is 42.2 Å². The first kappa shape index (κ1) is 17.6. The van der Waals surface area contributed by atoms with E-state index in [9.17, 15) is 0 Å². The lowest BCUT2D eigenvalue weighted by Gasteiger charge is -2.12. The van der Waals surface area contributed by atoms with E-state index in [1.807, 2.05) is 43.3 Å². The third-order valence-electron chi connectivity index (χ3n) is 3.29. The second-order valence-electron chi connectivity index (χ2n) is 4.67. The monoisotopic (exact) mass is 310 g/mol. The zero-order valence-corrected chi connectivity index (χ0v) is 13.1. The first-order chi connectivity index (χ1) is 9.76. The van der Waals surface area contributed by atoms with Crippen LogP contribution in [0.2, 0.25) is 0 Å². The zero-order chi connectivity index (χ0) is 14.4. The number of hydrogen-bond donors (Lipinski definition) is 2. The number of halogens is 1. The molecule has 0 fully saturated rings. The molecule has 2 rings (SSSR count). The third-order valence-corrected chi connectivity index (χ3v) is 3.29. The number of rotatable bonds is 7. The molecule has 1 unspecified atom stereocenters. The minimum atomic E-state index is 0. The van der Waals surface area contributed by atoms with Crippen LogP contribution in [0.4, 0.5) is 0 Å². The highest BCUT2D eigenvalue weighted by Gasteiger charge is 2.08. The van der Waals surface area contributed by atoms with E-state index in [2.05, 4.69) is 5.32 Å². The van der Waals surface area contributed by atoms with Gasteiger partial charge >= 0.3 is 0 Å². The lowest BCUT2D eigenvalue weighted by atomic mass is 10.2. The standard InChI is InChI=1S/C16H21NO3.ClH/c1-3-13(11-18)17-10-15-7-8-16(20-15)12-5-4-6-14(9-12)19-2;/h4-9,13,17-18H,3,10-11H2,1-2H3;1H/p-1. The second-order valence-corrected chi connectivity index (χ2v) is 4.67. The molecule has 0 radical (unpaired) electrons. The van der Waals surface area contributed by atoms with Crippen molar-refractivity contribution in [3.63, 3.8) is 0 Å². The molecular formula is C16H21ClNO3-. The summed E-state index contributed by atoms with van der Waals surface area (Å²) in [6.07, 6.45) is 0.889. The summed E-state index contributed by atoms with van der Waals surface area (Å²) in [7, 11) is 1.65. The summed E-state index contributed by atoms with van der Waals surface area (Å²) in [6, 6.07) is 11.8. The molecule has 0 spiro atoms. The summed E-state index contributed by atoms with van der Waals surface area (Å²) in [5, 5.41) is 12.4. The quantitative estimate of drug-likeness (QED) is 0.745. The normalized spacial score (nSPS) is 11.8. The molecule has 1 heterocycles. The molecule has 0 aliphatic carbocycles. The first-order valence-electron chi connectivity index (χ1n) is 6.84. The number of nitrogens with one attached hydrogen (secondary N) is 1. The minimum Gasteiger partial charge on any atom is -1.00 e. The van der Waals surface area contributed by atoms with Crippen LogP contribution in [0, 0.1) is 0 Å². The predicted molar refractivity (Wildman–Crippen MR) is 78.7 cm³/mol. The van der Waals surface area contributed by atoms with Gasteiger partial charge in [-0.3, -0.25) is 0 Å². The third kappa shape index (κ3) is 4.77. The van der Waals surface area contributed by atoms with E-state index in [-0.39, 0.29) is 25.1 Å². The van der Waals surface area contributed by atoms with Crippen molar-refractivity contribution in [3.8, 4) is 17.1 Å². The van der Waals surface area contributed by atoms with Crippen LogP contribution in [0.5, 0.6) is 5.75 Å². The Labute approximate surface area is 131 Å². The summed E-state index contributed by atoms with van der Waals surface area (Å²) in [4.78, 5) is 0. The molecule has 0 saturated heterocycles. The van der Waals surface area contributed by atoms with Gasteiger partial charge in [0.1, 0.15) is 17.3 Å². The van der Waals surface area contributed by atoms with Gasteiger partial charge in [0.2, 0.25) is 0 Å². The van der Waals surface area contributed by atoms with Gasteiger partial charge in [0.15, 0.2) is 0 Å². The smallest absolute Gasteiger partial charge is 0.134 e. The molecule has 0 aliphatic rings. The molecule has 116 valence electrons. The molecule has 4 nitrogen and oxygen atoms in total. The van der Waals surface area contributed by atoms with E-state index >= 15 is 0 Å². The van der Waals surface area contributed by atoms with E-state index in [0.717, 1.165) is 29.3 Å². The molecule has 0 amide bonds. The lowest BCUT2D eigenvalue weighted by molar-refractivity contribution is -0.00000606. The van der Waals surface area contributed by atoms with Crippen LogP contribution in [0.15, 0.2) is 40.8 Å². The number of aliphatic hydroxyl groups excluding tert-OH is 1. The number of furan rings is 1. The highest BCUT2D eigenvalue weighted by Crippen LogP contribution is 2.25. The Bertz CT molecular complexity index is 538. The van der Waals surface area contributed by atoms with Gasteiger partial charge in [-0.05, 0) is 30.7 Å². The molecule has 0 bridgehead atoms. The maximum atomic E-state index is 9.14. The van der Waals surface area contributed by atoms with Crippen LogP contribution in [0.25, 0.3) is 11.3 Å². The van der Waals surface area contributed by atoms with Crippen molar-refractivity contribution in [2.24, 2.45) is 0 Å². The SMILES string of the molecule is CCC(CO)NCc1ccc(-c2cccc(OC)c2)o1.[Cl-]. The van der Waals surface area contributed by atoms with Crippen LogP contribution >= 0.6 is 0 Å². The Kier molecular flexibility index (Phi) is 7.29. The molecule has 1 aromatic carbocycles. The minimum absolute atomic E-state index is 0. The number of ether oxygens (including phenoxy) is 1. The zero-order valence-electron chi connectivity index (χ0n) is 12.3. The summed E-state index contributed by atoms with van der Waals surface area (Å²) >= 11 is 0. The molecule has 1 aromatic heterocycles. The van der Waals surface area contributed by atoms with Crippen molar-refractivity contribution >= 4 is 0 Å². The molecule has 0 saturated carbocycles. The van der Waals surface area contributed by atoms with E-state index in [1.165, 1.54) is 0 Å². The number of hydrogen-bond acceptors (Lipinski definition) is 4. The molecule has 5 heteroatoms. The highest BCUT2D eigenvalue weighted by molar-refractivity contribution is 5.59. The Morgan fingerprint density at radius 3 is 2.76 bits per heavy atom. The van der Waals surface area contributed by atoms with Crippen LogP contribution in [0.1, 0.15) is 19.1 Å². The fourth-order valence-electron chi connectivity index (χ4n) is 1.99. The van der Waals surface area contributed by atoms with Gasteiger partial charge in [-0.25, -0.2) is 0 Å². The van der Waals surface area contributed by atoms with Crippen LogP contribution in [-0.2, 0) is 6.54 Å². The Hall–Kier alpha value is -1.49. The highest BCUT2D eigenvalue weighted by atomic mass is 35.5. The van der Waals surface area contributed by atoms with Crippen molar-refractivity contribution in [1.82, 2.24) is 5.32 Å². The van der Waals surface area contributed by atoms with E-state index < -0.39 is 0 Å². The van der Waals surface area contributed by atoms with Gasteiger partial charge in [0.25, 0.3) is 0 Å². The van der Waals surface area contributed by atoms with Gasteiger partial charge in [-0.15, -0.1) is 0 Å². The topological polar surface area (TPSA) is 54.6 Å². The molecular weight excluding hydrogens is 290 g/mol. The summed E-state index contributed by atoms with van der Waals surface area (Å²) in [5.74, 6) is 2.48. The van der Waals surface area contributed by atoms with Gasteiger partial charge in [-0.1, -0.05) is 19.1 Å². The average Bonchev–Trinajstić information content (AvgIpc) is 2.97. The Morgan fingerprint density at radius 2 is 2.10 bits per heavy atom. The van der Waals surface area contributed by atoms with Gasteiger partial charge in [0, 0.05) is 11.6 Å². The maximum absolute atomic E-state index is 9.14. The van der Waals surface area contributed by atoms with Crippen LogP contribution in [0.3, 0.4) is 0 Å². The fraction of sp³-hybridized carbons (Fsp3) is 0.375. The van der Waals surface area contributed by atoms with E-state index in [0.29, 0.717) is 6.54 Å². The largest absolute Gasteiger partial charge is 1.00 e. The molecule has 2 N–H and O–H groups in total. The van der Waals surface area contributed by atoms with E-state index in [4.69, 9.17) is 14.3 Å². The number of aliphatic hydroxyl groups is 1. The predicted octanol–water partition coefficient (Wildman–Crippen LogP) is -0.180. The van der Waals surface area contributed by atoms with E-state index in [1.54, 1.807) is 7.11 Å². The lowest BCUT2D eigenvalue weighted by Crippen LogP contribution is -3.00. The molecule has 1 atom stereocenters. The maximum Gasteiger partial charge on any atom is 0.134 e. The summed E-state index contributed by atoms with van der Waals surface area (Å²) in [5.41, 5.74) is 0.991. The van der Waals surface area contributed by atoms with Crippen LogP contribution < -0.4 is 22.5 Å². The Morgan fingerprint density at radius 1 is 1.29 bits per heavy atom. The van der Waals surface area contributed by atoms with Crippen molar-refractivity contribution < 1.29 is 26.7 Å². The fourth-order valence-corrected chi connectivity index (χ4v) is 1.99. The van der Waals surface area contributed by atoms with Gasteiger partial charge in [-0.2, -0.15) is 0 Å². The number of methoxy groups -OCH3 is 1.